The number of halogens is 1. The molecule has 0 aliphatic carbocycles. The topological polar surface area (TPSA) is 60.5 Å². The molecule has 8 heteroatoms. The molecule has 2 heterocycles. The van der Waals surface area contributed by atoms with Crippen LogP contribution in [0, 0.1) is 0 Å². The minimum Gasteiger partial charge on any atom is -0.493 e. The standard InChI is InChI=1S/C18H17ClN2O3S2/c1-23-13-5-3-11(9-14(13)24-2)4-8-17(22)21-18-20-12(10-25-18)15-6-7-16(19)26-15/h3,5-7,9-10H,4,8H2,1-2H3,(H,20,21,22). The van der Waals surface area contributed by atoms with E-state index < -0.39 is 0 Å². The highest BCUT2D eigenvalue weighted by Crippen LogP contribution is 2.33. The maximum absolute atomic E-state index is 12.2. The number of amides is 1. The molecule has 2 aromatic heterocycles. The maximum Gasteiger partial charge on any atom is 0.226 e. The molecule has 1 N–H and O–H groups in total. The van der Waals surface area contributed by atoms with Gasteiger partial charge in [0.2, 0.25) is 5.91 Å². The highest BCUT2D eigenvalue weighted by atomic mass is 35.5. The summed E-state index contributed by atoms with van der Waals surface area (Å²) in [5, 5.41) is 5.34. The SMILES string of the molecule is COc1ccc(CCC(=O)Nc2nc(-c3ccc(Cl)s3)cs2)cc1OC. The van der Waals surface area contributed by atoms with Gasteiger partial charge in [0.15, 0.2) is 16.6 Å². The lowest BCUT2D eigenvalue weighted by atomic mass is 10.1. The van der Waals surface area contributed by atoms with Crippen LogP contribution in [0.25, 0.3) is 10.6 Å². The summed E-state index contributed by atoms with van der Waals surface area (Å²) in [7, 11) is 3.19. The summed E-state index contributed by atoms with van der Waals surface area (Å²) in [6, 6.07) is 9.41. The lowest BCUT2D eigenvalue weighted by molar-refractivity contribution is -0.116. The molecule has 3 aromatic rings. The summed E-state index contributed by atoms with van der Waals surface area (Å²) in [5.74, 6) is 1.25. The van der Waals surface area contributed by atoms with Crippen molar-refractivity contribution in [2.45, 2.75) is 12.8 Å². The normalized spacial score (nSPS) is 10.6. The van der Waals surface area contributed by atoms with Crippen molar-refractivity contribution in [3.63, 3.8) is 0 Å². The summed E-state index contributed by atoms with van der Waals surface area (Å²) in [6.45, 7) is 0. The number of benzene rings is 1. The minimum atomic E-state index is -0.0788. The Hall–Kier alpha value is -2.09. The highest BCUT2D eigenvalue weighted by molar-refractivity contribution is 7.20. The molecule has 0 aliphatic heterocycles. The number of aryl methyl sites for hydroxylation is 1. The van der Waals surface area contributed by atoms with Crippen molar-refractivity contribution in [1.29, 1.82) is 0 Å². The predicted molar refractivity (Wildman–Crippen MR) is 107 cm³/mol. The van der Waals surface area contributed by atoms with Crippen molar-refractivity contribution in [1.82, 2.24) is 4.98 Å². The number of thiazole rings is 1. The third kappa shape index (κ3) is 4.55. The van der Waals surface area contributed by atoms with Gasteiger partial charge in [0.25, 0.3) is 0 Å². The Balaban J connectivity index is 1.57. The third-order valence-electron chi connectivity index (χ3n) is 3.66. The summed E-state index contributed by atoms with van der Waals surface area (Å²) in [4.78, 5) is 17.6. The van der Waals surface area contributed by atoms with E-state index in [0.29, 0.717) is 33.8 Å². The lowest BCUT2D eigenvalue weighted by Gasteiger charge is -2.09. The van der Waals surface area contributed by atoms with Gasteiger partial charge in [-0.1, -0.05) is 17.7 Å². The van der Waals surface area contributed by atoms with Crippen LogP contribution in [-0.2, 0) is 11.2 Å². The molecule has 0 aliphatic rings. The smallest absolute Gasteiger partial charge is 0.226 e. The Kier molecular flexibility index (Phi) is 6.13. The fourth-order valence-corrected chi connectivity index (χ4v) is 4.18. The molecule has 0 fully saturated rings. The molecule has 0 bridgehead atoms. The molecular weight excluding hydrogens is 392 g/mol. The Morgan fingerprint density at radius 2 is 2.00 bits per heavy atom. The fourth-order valence-electron chi connectivity index (χ4n) is 2.37. The number of carbonyl (C=O) groups excluding carboxylic acids is 1. The number of nitrogens with zero attached hydrogens (tertiary/aromatic N) is 1. The number of methoxy groups -OCH3 is 2. The molecule has 0 radical (unpaired) electrons. The van der Waals surface area contributed by atoms with Crippen molar-refractivity contribution in [3.8, 4) is 22.1 Å². The van der Waals surface area contributed by atoms with Crippen LogP contribution in [-0.4, -0.2) is 25.1 Å². The summed E-state index contributed by atoms with van der Waals surface area (Å²) in [6.07, 6.45) is 0.959. The van der Waals surface area contributed by atoms with E-state index in [0.717, 1.165) is 16.1 Å². The van der Waals surface area contributed by atoms with Crippen molar-refractivity contribution in [2.24, 2.45) is 0 Å². The molecule has 1 amide bonds. The van der Waals surface area contributed by atoms with Gasteiger partial charge in [0.1, 0.15) is 0 Å². The van der Waals surface area contributed by atoms with Crippen molar-refractivity contribution >= 4 is 45.3 Å². The van der Waals surface area contributed by atoms with E-state index in [-0.39, 0.29) is 5.91 Å². The van der Waals surface area contributed by atoms with Gasteiger partial charge in [0.05, 0.1) is 29.1 Å². The molecule has 0 atom stereocenters. The van der Waals surface area contributed by atoms with Gasteiger partial charge < -0.3 is 14.8 Å². The third-order valence-corrected chi connectivity index (χ3v) is 5.68. The number of aromatic nitrogens is 1. The number of nitrogens with one attached hydrogen (secondary N) is 1. The van der Waals surface area contributed by atoms with Crippen LogP contribution in [0.3, 0.4) is 0 Å². The predicted octanol–water partition coefficient (Wildman–Crippen LogP) is 5.11. The second-order valence-corrected chi connectivity index (χ2v) is 7.95. The molecule has 136 valence electrons. The number of anilines is 1. The van der Waals surface area contributed by atoms with Crippen molar-refractivity contribution < 1.29 is 14.3 Å². The van der Waals surface area contributed by atoms with Crippen molar-refractivity contribution in [3.05, 3.63) is 45.6 Å². The van der Waals surface area contributed by atoms with Crippen LogP contribution in [0.4, 0.5) is 5.13 Å². The quantitative estimate of drug-likeness (QED) is 0.589. The second kappa shape index (κ2) is 8.53. The first-order valence-electron chi connectivity index (χ1n) is 7.81. The number of rotatable bonds is 7. The van der Waals surface area contributed by atoms with Gasteiger partial charge in [-0.3, -0.25) is 4.79 Å². The van der Waals surface area contributed by atoms with Gasteiger partial charge in [0, 0.05) is 11.8 Å². The fraction of sp³-hybridized carbons (Fsp3) is 0.222. The van der Waals surface area contributed by atoms with Crippen LogP contribution >= 0.6 is 34.3 Å². The first-order valence-corrected chi connectivity index (χ1v) is 9.88. The highest BCUT2D eigenvalue weighted by Gasteiger charge is 2.11. The second-order valence-electron chi connectivity index (χ2n) is 5.38. The monoisotopic (exact) mass is 408 g/mol. The van der Waals surface area contributed by atoms with Gasteiger partial charge in [-0.25, -0.2) is 4.98 Å². The maximum atomic E-state index is 12.2. The first-order chi connectivity index (χ1) is 12.6. The van der Waals surface area contributed by atoms with Crippen LogP contribution in [0.15, 0.2) is 35.7 Å². The number of carbonyl (C=O) groups is 1. The van der Waals surface area contributed by atoms with E-state index in [1.807, 2.05) is 35.7 Å². The zero-order valence-corrected chi connectivity index (χ0v) is 16.6. The molecule has 3 rings (SSSR count). The van der Waals surface area contributed by atoms with Crippen LogP contribution in [0.5, 0.6) is 11.5 Å². The molecule has 0 spiro atoms. The molecule has 5 nitrogen and oxygen atoms in total. The van der Waals surface area contributed by atoms with E-state index in [2.05, 4.69) is 10.3 Å². The summed E-state index contributed by atoms with van der Waals surface area (Å²) < 4.78 is 11.2. The molecule has 1 aromatic carbocycles. The van der Waals surface area contributed by atoms with Crippen LogP contribution in [0.2, 0.25) is 4.34 Å². The molecule has 0 saturated carbocycles. The Bertz CT molecular complexity index is 907. The summed E-state index contributed by atoms with van der Waals surface area (Å²) in [5.41, 5.74) is 1.83. The largest absolute Gasteiger partial charge is 0.493 e. The van der Waals surface area contributed by atoms with Gasteiger partial charge in [-0.05, 0) is 36.2 Å². The van der Waals surface area contributed by atoms with Crippen molar-refractivity contribution in [2.75, 3.05) is 19.5 Å². The average Bonchev–Trinajstić information content (AvgIpc) is 3.28. The molecule has 0 unspecified atom stereocenters. The Morgan fingerprint density at radius 1 is 1.19 bits per heavy atom. The molecular formula is C18H17ClN2O3S2. The zero-order valence-electron chi connectivity index (χ0n) is 14.2. The Morgan fingerprint density at radius 3 is 2.69 bits per heavy atom. The number of ether oxygens (including phenoxy) is 2. The van der Waals surface area contributed by atoms with E-state index in [4.69, 9.17) is 21.1 Å². The van der Waals surface area contributed by atoms with E-state index in [1.165, 1.54) is 22.7 Å². The average molecular weight is 409 g/mol. The zero-order chi connectivity index (χ0) is 18.5. The van der Waals surface area contributed by atoms with Gasteiger partial charge in [-0.2, -0.15) is 0 Å². The van der Waals surface area contributed by atoms with Crippen LogP contribution in [0.1, 0.15) is 12.0 Å². The molecule has 26 heavy (non-hydrogen) atoms. The number of hydrogen-bond acceptors (Lipinski definition) is 6. The summed E-state index contributed by atoms with van der Waals surface area (Å²) >= 11 is 8.81. The number of thiophene rings is 1. The minimum absolute atomic E-state index is 0.0788. The van der Waals surface area contributed by atoms with Crippen LogP contribution < -0.4 is 14.8 Å². The van der Waals surface area contributed by atoms with E-state index in [1.54, 1.807) is 14.2 Å². The first kappa shape index (κ1) is 18.7. The van der Waals surface area contributed by atoms with E-state index in [9.17, 15) is 4.79 Å². The Labute approximate surface area is 164 Å². The molecule has 0 saturated heterocycles. The van der Waals surface area contributed by atoms with E-state index >= 15 is 0 Å². The van der Waals surface area contributed by atoms with Gasteiger partial charge in [-0.15, -0.1) is 22.7 Å². The number of hydrogen-bond donors (Lipinski definition) is 1. The van der Waals surface area contributed by atoms with Gasteiger partial charge >= 0.3 is 0 Å². The lowest BCUT2D eigenvalue weighted by Crippen LogP contribution is -2.12.